The highest BCUT2D eigenvalue weighted by Gasteiger charge is 2.11. The molecule has 0 aromatic carbocycles. The average Bonchev–Trinajstić information content (AvgIpc) is 2.80. The molecule has 0 saturated carbocycles. The Morgan fingerprint density at radius 1 is 1.47 bits per heavy atom. The number of thiophene rings is 1. The van der Waals surface area contributed by atoms with Crippen molar-refractivity contribution in [3.63, 3.8) is 0 Å². The van der Waals surface area contributed by atoms with E-state index in [1.807, 2.05) is 0 Å². The maximum Gasteiger partial charge on any atom is 0.0589 e. The molecule has 0 fully saturated rings. The van der Waals surface area contributed by atoms with Gasteiger partial charge in [0.15, 0.2) is 0 Å². The first-order chi connectivity index (χ1) is 9.17. The summed E-state index contributed by atoms with van der Waals surface area (Å²) in [6.45, 7) is 8.62. The van der Waals surface area contributed by atoms with Crippen LogP contribution in [0.15, 0.2) is 11.4 Å². The number of rotatable bonds is 7. The lowest BCUT2D eigenvalue weighted by atomic mass is 10.2. The molecular weight excluding hydrogens is 256 g/mol. The molecule has 0 aliphatic heterocycles. The number of nitrogens with zero attached hydrogens (tertiary/aromatic N) is 1. The average molecular weight is 280 g/mol. The summed E-state index contributed by atoms with van der Waals surface area (Å²) in [5.41, 5.74) is 6.54. The minimum atomic E-state index is 0.411. The molecule has 0 amide bonds. The zero-order chi connectivity index (χ0) is 14.1. The van der Waals surface area contributed by atoms with Gasteiger partial charge in [0.2, 0.25) is 0 Å². The van der Waals surface area contributed by atoms with E-state index in [-0.39, 0.29) is 0 Å². The molecule has 19 heavy (non-hydrogen) atoms. The Balaban J connectivity index is 2.69. The van der Waals surface area contributed by atoms with Gasteiger partial charge in [0.1, 0.15) is 0 Å². The molecule has 1 aromatic heterocycles. The summed E-state index contributed by atoms with van der Waals surface area (Å²) < 4.78 is 5.19. The molecule has 0 aliphatic carbocycles. The zero-order valence-corrected chi connectivity index (χ0v) is 12.9. The molecule has 1 heterocycles. The van der Waals surface area contributed by atoms with E-state index in [1.165, 1.54) is 4.88 Å². The van der Waals surface area contributed by atoms with Gasteiger partial charge in [-0.05, 0) is 17.4 Å². The van der Waals surface area contributed by atoms with Crippen LogP contribution in [0.1, 0.15) is 24.3 Å². The SMILES string of the molecule is COCCN(Cc1sccc1C#CCN)CC(C)C. The lowest BCUT2D eigenvalue weighted by Gasteiger charge is -2.23. The van der Waals surface area contributed by atoms with E-state index in [2.05, 4.69) is 42.0 Å². The molecule has 1 rings (SSSR count). The van der Waals surface area contributed by atoms with Gasteiger partial charge in [-0.25, -0.2) is 0 Å². The summed E-state index contributed by atoms with van der Waals surface area (Å²) in [4.78, 5) is 3.74. The Labute approximate surface area is 120 Å². The molecule has 106 valence electrons. The number of hydrogen-bond donors (Lipinski definition) is 1. The van der Waals surface area contributed by atoms with Crippen molar-refractivity contribution in [1.29, 1.82) is 0 Å². The quantitative estimate of drug-likeness (QED) is 0.778. The summed E-state index contributed by atoms with van der Waals surface area (Å²) in [5, 5.41) is 2.10. The molecule has 0 unspecified atom stereocenters. The summed E-state index contributed by atoms with van der Waals surface area (Å²) in [6, 6.07) is 2.08. The first kappa shape index (κ1) is 16.2. The normalized spacial score (nSPS) is 10.8. The molecule has 0 bridgehead atoms. The Morgan fingerprint density at radius 2 is 2.26 bits per heavy atom. The van der Waals surface area contributed by atoms with Crippen LogP contribution in [0.5, 0.6) is 0 Å². The van der Waals surface area contributed by atoms with Crippen molar-refractivity contribution in [3.05, 3.63) is 21.9 Å². The molecule has 0 spiro atoms. The first-order valence-corrected chi connectivity index (χ1v) is 7.52. The Bertz CT molecular complexity index is 417. The third kappa shape index (κ3) is 6.22. The van der Waals surface area contributed by atoms with Gasteiger partial charge in [-0.15, -0.1) is 11.3 Å². The van der Waals surface area contributed by atoms with Crippen LogP contribution >= 0.6 is 11.3 Å². The molecule has 2 N–H and O–H groups in total. The van der Waals surface area contributed by atoms with Crippen molar-refractivity contribution < 1.29 is 4.74 Å². The standard InChI is InChI=1S/C15H24N2OS/c1-13(2)11-17(8-9-18-3)12-15-14(5-4-7-16)6-10-19-15/h6,10,13H,7-9,11-12,16H2,1-3H3. The van der Waals surface area contributed by atoms with Gasteiger partial charge in [-0.2, -0.15) is 0 Å². The molecule has 0 radical (unpaired) electrons. The van der Waals surface area contributed by atoms with Crippen LogP contribution in [0.25, 0.3) is 0 Å². The van der Waals surface area contributed by atoms with Crippen LogP contribution in [0.3, 0.4) is 0 Å². The van der Waals surface area contributed by atoms with Crippen molar-refractivity contribution in [2.45, 2.75) is 20.4 Å². The highest BCUT2D eigenvalue weighted by molar-refractivity contribution is 7.10. The predicted octanol–water partition coefficient (Wildman–Crippen LogP) is 2.16. The maximum atomic E-state index is 5.43. The Morgan fingerprint density at radius 3 is 2.89 bits per heavy atom. The van der Waals surface area contributed by atoms with Crippen molar-refractivity contribution >= 4 is 11.3 Å². The fourth-order valence-electron chi connectivity index (χ4n) is 1.90. The molecule has 3 nitrogen and oxygen atoms in total. The molecule has 0 atom stereocenters. The molecule has 0 saturated heterocycles. The van der Waals surface area contributed by atoms with Crippen LogP contribution in [0.2, 0.25) is 0 Å². The fraction of sp³-hybridized carbons (Fsp3) is 0.600. The molecule has 0 aliphatic rings. The predicted molar refractivity (Wildman–Crippen MR) is 82.2 cm³/mol. The largest absolute Gasteiger partial charge is 0.383 e. The first-order valence-electron chi connectivity index (χ1n) is 6.64. The summed E-state index contributed by atoms with van der Waals surface area (Å²) >= 11 is 1.76. The summed E-state index contributed by atoms with van der Waals surface area (Å²) in [6.07, 6.45) is 0. The highest BCUT2D eigenvalue weighted by atomic mass is 32.1. The van der Waals surface area contributed by atoms with E-state index < -0.39 is 0 Å². The topological polar surface area (TPSA) is 38.5 Å². The van der Waals surface area contributed by atoms with Gasteiger partial charge in [-0.1, -0.05) is 25.7 Å². The fourth-order valence-corrected chi connectivity index (χ4v) is 2.77. The minimum Gasteiger partial charge on any atom is -0.383 e. The van der Waals surface area contributed by atoms with E-state index in [4.69, 9.17) is 10.5 Å². The van der Waals surface area contributed by atoms with Crippen molar-refractivity contribution in [2.24, 2.45) is 11.7 Å². The van der Waals surface area contributed by atoms with Crippen LogP contribution in [-0.2, 0) is 11.3 Å². The highest BCUT2D eigenvalue weighted by Crippen LogP contribution is 2.18. The van der Waals surface area contributed by atoms with Gasteiger partial charge >= 0.3 is 0 Å². The lowest BCUT2D eigenvalue weighted by Crippen LogP contribution is -2.30. The maximum absolute atomic E-state index is 5.43. The van der Waals surface area contributed by atoms with Crippen molar-refractivity contribution in [1.82, 2.24) is 4.90 Å². The van der Waals surface area contributed by atoms with E-state index in [0.717, 1.165) is 31.8 Å². The van der Waals surface area contributed by atoms with Crippen LogP contribution < -0.4 is 5.73 Å². The number of methoxy groups -OCH3 is 1. The summed E-state index contributed by atoms with van der Waals surface area (Å²) in [5.74, 6) is 6.72. The van der Waals surface area contributed by atoms with E-state index >= 15 is 0 Å². The number of hydrogen-bond acceptors (Lipinski definition) is 4. The van der Waals surface area contributed by atoms with Gasteiger partial charge in [0, 0.05) is 37.2 Å². The van der Waals surface area contributed by atoms with E-state index in [0.29, 0.717) is 12.5 Å². The monoisotopic (exact) mass is 280 g/mol. The Kier molecular flexibility index (Phi) is 7.76. The van der Waals surface area contributed by atoms with Gasteiger partial charge in [0.05, 0.1) is 13.2 Å². The Hall–Kier alpha value is -0.860. The van der Waals surface area contributed by atoms with Gasteiger partial charge in [0.25, 0.3) is 0 Å². The molecule has 1 aromatic rings. The molecular formula is C15H24N2OS. The zero-order valence-electron chi connectivity index (χ0n) is 12.1. The van der Waals surface area contributed by atoms with Crippen LogP contribution in [0.4, 0.5) is 0 Å². The number of ether oxygens (including phenoxy) is 1. The van der Waals surface area contributed by atoms with Crippen molar-refractivity contribution in [2.75, 3.05) is 33.4 Å². The second kappa shape index (κ2) is 9.11. The van der Waals surface area contributed by atoms with Crippen molar-refractivity contribution in [3.8, 4) is 11.8 Å². The second-order valence-electron chi connectivity index (χ2n) is 4.89. The molecule has 4 heteroatoms. The lowest BCUT2D eigenvalue weighted by molar-refractivity contribution is 0.136. The smallest absolute Gasteiger partial charge is 0.0589 e. The third-order valence-electron chi connectivity index (χ3n) is 2.67. The summed E-state index contributed by atoms with van der Waals surface area (Å²) in [7, 11) is 1.75. The van der Waals surface area contributed by atoms with Crippen LogP contribution in [-0.4, -0.2) is 38.3 Å². The van der Waals surface area contributed by atoms with Gasteiger partial charge in [-0.3, -0.25) is 4.90 Å². The third-order valence-corrected chi connectivity index (χ3v) is 3.58. The second-order valence-corrected chi connectivity index (χ2v) is 5.89. The number of nitrogens with two attached hydrogens (primary N) is 1. The van der Waals surface area contributed by atoms with Crippen LogP contribution in [0, 0.1) is 17.8 Å². The van der Waals surface area contributed by atoms with E-state index in [9.17, 15) is 0 Å². The van der Waals surface area contributed by atoms with E-state index in [1.54, 1.807) is 18.4 Å². The minimum absolute atomic E-state index is 0.411. The van der Waals surface area contributed by atoms with Gasteiger partial charge < -0.3 is 10.5 Å².